The van der Waals surface area contributed by atoms with Crippen molar-refractivity contribution in [3.8, 4) is 0 Å². The first-order valence-electron chi connectivity index (χ1n) is 36.8. The highest BCUT2D eigenvalue weighted by Gasteiger charge is 2.20. The van der Waals surface area contributed by atoms with Crippen LogP contribution in [0.25, 0.3) is 0 Å². The van der Waals surface area contributed by atoms with Gasteiger partial charge in [-0.1, -0.05) is 335 Å². The van der Waals surface area contributed by atoms with E-state index in [1.807, 2.05) is 0 Å². The number of ether oxygens (including phenoxy) is 3. The van der Waals surface area contributed by atoms with Crippen molar-refractivity contribution < 1.29 is 38.5 Å². The summed E-state index contributed by atoms with van der Waals surface area (Å²) in [5, 5.41) is 8.51. The van der Waals surface area contributed by atoms with Crippen LogP contribution in [0.15, 0.2) is 24.3 Å². The molecule has 83 heavy (non-hydrogen) atoms. The molecule has 0 fully saturated rings. The number of carboxylic acids is 1. The largest absolute Gasteiger partial charge is 0.481 e. The fourth-order valence-corrected chi connectivity index (χ4v) is 10.8. The van der Waals surface area contributed by atoms with E-state index in [0.717, 1.165) is 77.0 Å². The summed E-state index contributed by atoms with van der Waals surface area (Å²) in [7, 11) is 0. The molecule has 0 rings (SSSR count). The predicted molar refractivity (Wildman–Crippen MR) is 357 cm³/mol. The second kappa shape index (κ2) is 73.6. The number of aliphatic carboxylic acids is 1. The van der Waals surface area contributed by atoms with Crippen molar-refractivity contribution in [2.24, 2.45) is 0 Å². The molecule has 0 atom stereocenters. The molecule has 8 heteroatoms. The molecule has 0 aliphatic heterocycles. The van der Waals surface area contributed by atoms with Gasteiger partial charge in [-0.2, -0.15) is 0 Å². The molecular formula is C75H142O8. The van der Waals surface area contributed by atoms with Gasteiger partial charge in [0.25, 0.3) is 0 Å². The minimum atomic E-state index is -0.768. The van der Waals surface area contributed by atoms with Gasteiger partial charge in [-0.15, -0.1) is 0 Å². The van der Waals surface area contributed by atoms with Crippen LogP contribution in [0.5, 0.6) is 0 Å². The van der Waals surface area contributed by atoms with Crippen LogP contribution in [0.1, 0.15) is 413 Å². The van der Waals surface area contributed by atoms with E-state index >= 15 is 0 Å². The van der Waals surface area contributed by atoms with E-state index in [9.17, 15) is 19.2 Å². The van der Waals surface area contributed by atoms with Crippen LogP contribution in [-0.4, -0.2) is 48.3 Å². The third-order valence-corrected chi connectivity index (χ3v) is 16.4. The second-order valence-electron chi connectivity index (χ2n) is 24.9. The summed E-state index contributed by atoms with van der Waals surface area (Å²) in [6.45, 7) is 8.94. The van der Waals surface area contributed by atoms with Crippen LogP contribution in [0.3, 0.4) is 0 Å². The summed E-state index contributed by atoms with van der Waals surface area (Å²) in [5.74, 6) is -1.52. The molecule has 0 saturated carbocycles. The Labute approximate surface area is 516 Å². The number of carbonyl (C=O) groups is 4. The zero-order valence-corrected chi connectivity index (χ0v) is 56.0. The summed E-state index contributed by atoms with van der Waals surface area (Å²) < 4.78 is 16.9. The zero-order chi connectivity index (χ0) is 60.7. The van der Waals surface area contributed by atoms with E-state index in [0.29, 0.717) is 25.7 Å². The first kappa shape index (κ1) is 82.4. The Kier molecular flexibility index (Phi) is 73.1. The molecule has 0 aliphatic rings. The van der Waals surface area contributed by atoms with Crippen molar-refractivity contribution in [3.63, 3.8) is 0 Å². The molecule has 0 aliphatic carbocycles. The van der Waals surface area contributed by atoms with Gasteiger partial charge in [0.2, 0.25) is 0 Å². The number of carbonyl (C=O) groups excluding carboxylic acids is 3. The number of carboxylic acid groups (broad SMARTS) is 1. The van der Waals surface area contributed by atoms with Crippen LogP contribution in [-0.2, 0) is 33.4 Å². The van der Waals surface area contributed by atoms with Gasteiger partial charge >= 0.3 is 23.9 Å². The summed E-state index contributed by atoms with van der Waals surface area (Å²) in [6, 6.07) is 0. The van der Waals surface area contributed by atoms with Crippen molar-refractivity contribution in [2.75, 3.05) is 13.2 Å². The molecule has 0 aromatic carbocycles. The number of esters is 3. The molecule has 0 heterocycles. The number of unbranched alkanes of at least 4 members (excludes halogenated alkanes) is 50. The summed E-state index contributed by atoms with van der Waals surface area (Å²) in [5.41, 5.74) is 0. The molecular weight excluding hydrogens is 1030 g/mol. The van der Waals surface area contributed by atoms with Crippen LogP contribution in [0.4, 0.5) is 0 Å². The van der Waals surface area contributed by atoms with Crippen molar-refractivity contribution in [2.45, 2.75) is 419 Å². The fourth-order valence-electron chi connectivity index (χ4n) is 10.8. The Balaban J connectivity index is 0. The first-order valence-corrected chi connectivity index (χ1v) is 36.8. The Morgan fingerprint density at radius 1 is 0.265 bits per heavy atom. The molecule has 0 radical (unpaired) electrons. The minimum Gasteiger partial charge on any atom is -0.481 e. The summed E-state index contributed by atoms with van der Waals surface area (Å²) in [4.78, 5) is 48.4. The number of hydrogen-bond acceptors (Lipinski definition) is 7. The third-order valence-electron chi connectivity index (χ3n) is 16.4. The number of allylic oxidation sites excluding steroid dienone is 4. The number of rotatable bonds is 67. The van der Waals surface area contributed by atoms with E-state index in [1.54, 1.807) is 0 Å². The van der Waals surface area contributed by atoms with Crippen molar-refractivity contribution in [3.05, 3.63) is 24.3 Å². The molecule has 0 amide bonds. The average Bonchev–Trinajstić information content (AvgIpc) is 3.47. The SMILES string of the molecule is CCCCCCCC/C=C\CCCCCCCC(=O)O.CCCCCCCC/C=C\CCCCCCCC(=O)OC(COC(=O)CCCCCCCCCCCCCCCCC)COC(=O)CCCCCCCCCCCCCCCCC. The molecule has 0 aromatic rings. The molecule has 1 N–H and O–H groups in total. The molecule has 0 unspecified atom stereocenters. The monoisotopic (exact) mass is 1170 g/mol. The molecule has 8 nitrogen and oxygen atoms in total. The third kappa shape index (κ3) is 75.4. The molecule has 490 valence electrons. The van der Waals surface area contributed by atoms with Crippen LogP contribution >= 0.6 is 0 Å². The van der Waals surface area contributed by atoms with E-state index in [2.05, 4.69) is 52.0 Å². The molecule has 0 saturated heterocycles. The molecule has 0 spiro atoms. The Morgan fingerprint density at radius 3 is 0.687 bits per heavy atom. The number of hydrogen-bond donors (Lipinski definition) is 1. The predicted octanol–water partition coefficient (Wildman–Crippen LogP) is 24.7. The standard InChI is InChI=1S/C57H108O6.C18H34O2/c1-4-7-10-13-16-19-22-25-28-31-34-37-40-43-46-49-55(58)61-52-54(63-57(60)51-48-45-42-39-36-33-30-27-24-21-18-15-12-9-6-3)53-62-56(59)50-47-44-41-38-35-32-29-26-23-20-17-14-11-8-5-2;1-2-3-4-5-6-7-8-9-10-11-12-13-14-15-16-17-18(19)20/h27,30,54H,4-26,28-29,31-53H2,1-3H3;9-10H,2-8,11-17H2,1H3,(H,19,20)/b30-27-;10-9-. The highest BCUT2D eigenvalue weighted by atomic mass is 16.6. The van der Waals surface area contributed by atoms with Gasteiger partial charge < -0.3 is 19.3 Å². The lowest BCUT2D eigenvalue weighted by Crippen LogP contribution is -2.30. The Bertz CT molecular complexity index is 1330. The average molecular weight is 1170 g/mol. The van der Waals surface area contributed by atoms with Crippen molar-refractivity contribution in [1.29, 1.82) is 0 Å². The minimum absolute atomic E-state index is 0.0675. The molecule has 0 bridgehead atoms. The van der Waals surface area contributed by atoms with E-state index < -0.39 is 12.1 Å². The second-order valence-corrected chi connectivity index (χ2v) is 24.9. The fraction of sp³-hybridized carbons (Fsp3) is 0.893. The van der Waals surface area contributed by atoms with Gasteiger partial charge in [-0.05, 0) is 77.0 Å². The topological polar surface area (TPSA) is 116 Å². The Hall–Kier alpha value is -2.64. The van der Waals surface area contributed by atoms with E-state index in [-0.39, 0.29) is 31.1 Å². The van der Waals surface area contributed by atoms with Gasteiger partial charge in [-0.25, -0.2) is 0 Å². The van der Waals surface area contributed by atoms with Crippen LogP contribution < -0.4 is 0 Å². The normalized spacial score (nSPS) is 11.5. The van der Waals surface area contributed by atoms with Gasteiger partial charge in [-0.3, -0.25) is 19.2 Å². The lowest BCUT2D eigenvalue weighted by molar-refractivity contribution is -0.167. The van der Waals surface area contributed by atoms with Gasteiger partial charge in [0.05, 0.1) is 0 Å². The summed E-state index contributed by atoms with van der Waals surface area (Å²) >= 11 is 0. The zero-order valence-electron chi connectivity index (χ0n) is 56.0. The Morgan fingerprint density at radius 2 is 0.458 bits per heavy atom. The van der Waals surface area contributed by atoms with Crippen LogP contribution in [0, 0.1) is 0 Å². The van der Waals surface area contributed by atoms with Gasteiger partial charge in [0, 0.05) is 25.7 Å². The van der Waals surface area contributed by atoms with E-state index in [1.165, 1.54) is 283 Å². The molecule has 0 aromatic heterocycles. The maximum Gasteiger partial charge on any atom is 0.306 e. The van der Waals surface area contributed by atoms with Crippen LogP contribution in [0.2, 0.25) is 0 Å². The van der Waals surface area contributed by atoms with E-state index in [4.69, 9.17) is 19.3 Å². The van der Waals surface area contributed by atoms with Crippen molar-refractivity contribution >= 4 is 23.9 Å². The van der Waals surface area contributed by atoms with Crippen molar-refractivity contribution in [1.82, 2.24) is 0 Å². The highest BCUT2D eigenvalue weighted by Crippen LogP contribution is 2.18. The quantitative estimate of drug-likeness (QED) is 0.0277. The summed E-state index contributed by atoms with van der Waals surface area (Å²) in [6.07, 6.45) is 80.3. The lowest BCUT2D eigenvalue weighted by Gasteiger charge is -2.18. The van der Waals surface area contributed by atoms with Gasteiger partial charge in [0.1, 0.15) is 13.2 Å². The maximum absolute atomic E-state index is 12.8. The highest BCUT2D eigenvalue weighted by molar-refractivity contribution is 5.71. The lowest BCUT2D eigenvalue weighted by atomic mass is 10.0. The maximum atomic E-state index is 12.8. The smallest absolute Gasteiger partial charge is 0.306 e. The van der Waals surface area contributed by atoms with Gasteiger partial charge in [0.15, 0.2) is 6.10 Å². The first-order chi connectivity index (χ1) is 40.8.